The molecule has 1 saturated heterocycles. The van der Waals surface area contributed by atoms with E-state index in [4.69, 9.17) is 4.74 Å². The molecule has 1 N–H and O–H groups in total. The Labute approximate surface area is 168 Å². The van der Waals surface area contributed by atoms with Crippen molar-refractivity contribution in [2.24, 2.45) is 0 Å². The third kappa shape index (κ3) is 5.83. The van der Waals surface area contributed by atoms with E-state index in [1.807, 2.05) is 31.2 Å². The summed E-state index contributed by atoms with van der Waals surface area (Å²) in [5, 5.41) is 3.04. The first kappa shape index (κ1) is 20.4. The molecule has 0 bridgehead atoms. The summed E-state index contributed by atoms with van der Waals surface area (Å²) in [6.07, 6.45) is 3.76. The fourth-order valence-electron chi connectivity index (χ4n) is 3.63. The number of nitrogens with zero attached hydrogens (tertiary/aromatic N) is 1. The van der Waals surface area contributed by atoms with Crippen molar-refractivity contribution in [3.8, 4) is 5.75 Å². The monoisotopic (exact) mass is 380 g/mol. The lowest BCUT2D eigenvalue weighted by molar-refractivity contribution is -0.128. The van der Waals surface area contributed by atoms with Gasteiger partial charge in [-0.25, -0.2) is 0 Å². The lowest BCUT2D eigenvalue weighted by atomic mass is 10.1. The molecule has 0 saturated carbocycles. The third-order valence-corrected chi connectivity index (χ3v) is 5.34. The maximum absolute atomic E-state index is 12.6. The molecule has 4 heteroatoms. The average molecular weight is 381 g/mol. The Morgan fingerprint density at radius 2 is 1.75 bits per heavy atom. The molecular weight excluding hydrogens is 348 g/mol. The molecule has 2 aromatic rings. The Morgan fingerprint density at radius 3 is 2.43 bits per heavy atom. The lowest BCUT2D eigenvalue weighted by Crippen LogP contribution is -2.37. The summed E-state index contributed by atoms with van der Waals surface area (Å²) in [7, 11) is 0. The van der Waals surface area contributed by atoms with Gasteiger partial charge in [0.25, 0.3) is 5.91 Å². The molecule has 150 valence electrons. The first-order valence-corrected chi connectivity index (χ1v) is 10.5. The predicted molar refractivity (Wildman–Crippen MR) is 113 cm³/mol. The molecule has 0 aromatic heterocycles. The van der Waals surface area contributed by atoms with E-state index < -0.39 is 6.10 Å². The number of hydrogen-bond acceptors (Lipinski definition) is 3. The van der Waals surface area contributed by atoms with Crippen molar-refractivity contribution < 1.29 is 9.53 Å². The molecule has 0 aliphatic carbocycles. The van der Waals surface area contributed by atoms with Crippen molar-refractivity contribution in [3.05, 3.63) is 65.2 Å². The zero-order chi connectivity index (χ0) is 19.8. The van der Waals surface area contributed by atoms with Crippen LogP contribution in [-0.2, 0) is 24.3 Å². The van der Waals surface area contributed by atoms with Crippen LogP contribution in [0.15, 0.2) is 48.5 Å². The van der Waals surface area contributed by atoms with Crippen molar-refractivity contribution in [1.29, 1.82) is 0 Å². The van der Waals surface area contributed by atoms with Gasteiger partial charge in [0, 0.05) is 13.1 Å². The van der Waals surface area contributed by atoms with E-state index >= 15 is 0 Å². The van der Waals surface area contributed by atoms with Gasteiger partial charge in [-0.2, -0.15) is 0 Å². The van der Waals surface area contributed by atoms with Gasteiger partial charge in [-0.15, -0.1) is 0 Å². The van der Waals surface area contributed by atoms with Gasteiger partial charge < -0.3 is 10.1 Å². The van der Waals surface area contributed by atoms with Gasteiger partial charge in [0.2, 0.25) is 0 Å². The molecule has 28 heavy (non-hydrogen) atoms. The lowest BCUT2D eigenvalue weighted by Gasteiger charge is -2.18. The van der Waals surface area contributed by atoms with Crippen LogP contribution in [0.4, 0.5) is 0 Å². The number of amides is 1. The van der Waals surface area contributed by atoms with Gasteiger partial charge in [0.15, 0.2) is 6.10 Å². The van der Waals surface area contributed by atoms with E-state index in [2.05, 4.69) is 41.4 Å². The summed E-state index contributed by atoms with van der Waals surface area (Å²) in [5.41, 5.74) is 3.71. The number of hydrogen-bond donors (Lipinski definition) is 1. The number of benzene rings is 2. The number of aryl methyl sites for hydroxylation is 1. The highest BCUT2D eigenvalue weighted by Gasteiger charge is 2.18. The molecule has 0 unspecified atom stereocenters. The molecule has 1 aliphatic heterocycles. The van der Waals surface area contributed by atoms with Gasteiger partial charge in [0.05, 0.1) is 0 Å². The topological polar surface area (TPSA) is 41.6 Å². The summed E-state index contributed by atoms with van der Waals surface area (Å²) in [4.78, 5) is 15.1. The van der Waals surface area contributed by atoms with Crippen molar-refractivity contribution in [2.75, 3.05) is 13.1 Å². The Kier molecular flexibility index (Phi) is 7.49. The molecule has 2 aromatic carbocycles. The van der Waals surface area contributed by atoms with Crippen LogP contribution in [0.3, 0.4) is 0 Å². The van der Waals surface area contributed by atoms with Gasteiger partial charge in [-0.3, -0.25) is 9.69 Å². The first-order valence-electron chi connectivity index (χ1n) is 10.5. The fraction of sp³-hybridized carbons (Fsp3) is 0.458. The Bertz CT molecular complexity index is 751. The summed E-state index contributed by atoms with van der Waals surface area (Å²) >= 11 is 0. The van der Waals surface area contributed by atoms with Gasteiger partial charge in [-0.05, 0) is 67.6 Å². The highest BCUT2D eigenvalue weighted by molar-refractivity contribution is 5.81. The maximum Gasteiger partial charge on any atom is 0.261 e. The Hall–Kier alpha value is -2.33. The Morgan fingerprint density at radius 1 is 1.04 bits per heavy atom. The van der Waals surface area contributed by atoms with Crippen molar-refractivity contribution >= 4 is 5.91 Å². The minimum absolute atomic E-state index is 0.0629. The average Bonchev–Trinajstić information content (AvgIpc) is 3.24. The van der Waals surface area contributed by atoms with E-state index in [1.165, 1.54) is 37.1 Å². The zero-order valence-electron chi connectivity index (χ0n) is 17.1. The summed E-state index contributed by atoms with van der Waals surface area (Å²) < 4.78 is 5.91. The molecule has 1 aliphatic rings. The number of carbonyl (C=O) groups is 1. The fourth-order valence-corrected chi connectivity index (χ4v) is 3.63. The highest BCUT2D eigenvalue weighted by Crippen LogP contribution is 2.16. The molecule has 1 amide bonds. The maximum atomic E-state index is 12.6. The standard InChI is InChI=1S/C24H32N2O2/c1-3-19-10-12-22(13-11-19)28-23(4-2)24(27)25-17-20-8-7-9-21(16-20)18-26-14-5-6-15-26/h7-13,16,23H,3-6,14-15,17-18H2,1-2H3,(H,25,27)/t23-/m0/s1. The molecule has 4 nitrogen and oxygen atoms in total. The van der Waals surface area contributed by atoms with Gasteiger partial charge in [0.1, 0.15) is 5.75 Å². The number of nitrogens with one attached hydrogen (secondary N) is 1. The number of carbonyl (C=O) groups excluding carboxylic acids is 1. The van der Waals surface area contributed by atoms with Crippen LogP contribution in [-0.4, -0.2) is 30.0 Å². The molecule has 1 atom stereocenters. The number of rotatable bonds is 9. The van der Waals surface area contributed by atoms with Crippen molar-refractivity contribution in [2.45, 2.75) is 58.7 Å². The second kappa shape index (κ2) is 10.3. The normalized spacial score (nSPS) is 15.4. The summed E-state index contributed by atoms with van der Waals surface area (Å²) in [6.45, 7) is 8.00. The van der Waals surface area contributed by atoms with Crippen LogP contribution in [0, 0.1) is 0 Å². The van der Waals surface area contributed by atoms with E-state index in [9.17, 15) is 4.79 Å². The van der Waals surface area contributed by atoms with Crippen LogP contribution in [0.1, 0.15) is 49.8 Å². The van der Waals surface area contributed by atoms with Crippen LogP contribution in [0.25, 0.3) is 0 Å². The largest absolute Gasteiger partial charge is 0.481 e. The van der Waals surface area contributed by atoms with E-state index in [-0.39, 0.29) is 5.91 Å². The summed E-state index contributed by atoms with van der Waals surface area (Å²) in [5.74, 6) is 0.679. The third-order valence-electron chi connectivity index (χ3n) is 5.34. The quantitative estimate of drug-likeness (QED) is 0.704. The molecule has 0 spiro atoms. The van der Waals surface area contributed by atoms with Crippen LogP contribution < -0.4 is 10.1 Å². The van der Waals surface area contributed by atoms with Crippen molar-refractivity contribution in [3.63, 3.8) is 0 Å². The van der Waals surface area contributed by atoms with E-state index in [0.29, 0.717) is 13.0 Å². The van der Waals surface area contributed by atoms with Crippen LogP contribution in [0.2, 0.25) is 0 Å². The predicted octanol–water partition coefficient (Wildman–Crippen LogP) is 4.32. The van der Waals surface area contributed by atoms with Crippen LogP contribution in [0.5, 0.6) is 5.75 Å². The second-order valence-electron chi connectivity index (χ2n) is 7.53. The minimum Gasteiger partial charge on any atom is -0.481 e. The molecule has 1 heterocycles. The van der Waals surface area contributed by atoms with Gasteiger partial charge in [-0.1, -0.05) is 50.2 Å². The SMILES string of the molecule is CCc1ccc(O[C@@H](CC)C(=O)NCc2cccc(CN3CCCC3)c2)cc1. The highest BCUT2D eigenvalue weighted by atomic mass is 16.5. The molecule has 1 fully saturated rings. The number of likely N-dealkylation sites (tertiary alicyclic amines) is 1. The zero-order valence-corrected chi connectivity index (χ0v) is 17.1. The van der Waals surface area contributed by atoms with E-state index in [0.717, 1.165) is 24.3 Å². The second-order valence-corrected chi connectivity index (χ2v) is 7.53. The molecule has 3 rings (SSSR count). The smallest absolute Gasteiger partial charge is 0.261 e. The van der Waals surface area contributed by atoms with Crippen molar-refractivity contribution in [1.82, 2.24) is 10.2 Å². The minimum atomic E-state index is -0.472. The van der Waals surface area contributed by atoms with Crippen LogP contribution >= 0.6 is 0 Å². The molecule has 0 radical (unpaired) electrons. The summed E-state index contributed by atoms with van der Waals surface area (Å²) in [6, 6.07) is 16.5. The molecular formula is C24H32N2O2. The Balaban J connectivity index is 1.52. The van der Waals surface area contributed by atoms with E-state index in [1.54, 1.807) is 0 Å². The number of ether oxygens (including phenoxy) is 1. The first-order chi connectivity index (χ1) is 13.7. The van der Waals surface area contributed by atoms with Gasteiger partial charge >= 0.3 is 0 Å².